The molecule has 0 aromatic heterocycles. The molecule has 1 aromatic rings. The van der Waals surface area contributed by atoms with E-state index < -0.39 is 19.7 Å². The standard InChI is InChI=1S/C15H23NO4S2/c1-21(17,18)12-14-2-4-15(5-3-14)22(19,20)11-8-13-6-9-16-10-7-13/h2-5,13,16H,6-12H2,1H3. The Balaban J connectivity index is 1.99. The van der Waals surface area contributed by atoms with E-state index >= 15 is 0 Å². The van der Waals surface area contributed by atoms with Gasteiger partial charge in [-0.05, 0) is 56.0 Å². The van der Waals surface area contributed by atoms with Crippen LogP contribution in [-0.4, -0.2) is 41.9 Å². The molecule has 0 spiro atoms. The molecule has 0 saturated carbocycles. The fourth-order valence-electron chi connectivity index (χ4n) is 2.71. The van der Waals surface area contributed by atoms with Gasteiger partial charge in [-0.2, -0.15) is 0 Å². The van der Waals surface area contributed by atoms with Crippen LogP contribution in [0.15, 0.2) is 29.2 Å². The van der Waals surface area contributed by atoms with E-state index in [9.17, 15) is 16.8 Å². The molecule has 22 heavy (non-hydrogen) atoms. The number of hydrogen-bond acceptors (Lipinski definition) is 5. The molecule has 0 bridgehead atoms. The molecule has 1 aromatic carbocycles. The molecule has 124 valence electrons. The number of sulfone groups is 2. The predicted octanol–water partition coefficient (Wildman–Crippen LogP) is 1.39. The van der Waals surface area contributed by atoms with Crippen LogP contribution < -0.4 is 5.32 Å². The normalized spacial score (nSPS) is 17.5. The molecule has 1 N–H and O–H groups in total. The highest BCUT2D eigenvalue weighted by Crippen LogP contribution is 2.20. The number of rotatable bonds is 6. The minimum Gasteiger partial charge on any atom is -0.317 e. The number of hydrogen-bond donors (Lipinski definition) is 1. The zero-order valence-electron chi connectivity index (χ0n) is 12.8. The van der Waals surface area contributed by atoms with Crippen LogP contribution in [0.2, 0.25) is 0 Å². The summed E-state index contributed by atoms with van der Waals surface area (Å²) in [5.41, 5.74) is 0.611. The smallest absolute Gasteiger partial charge is 0.178 e. The lowest BCUT2D eigenvalue weighted by Crippen LogP contribution is -2.28. The van der Waals surface area contributed by atoms with Gasteiger partial charge in [0.2, 0.25) is 0 Å². The van der Waals surface area contributed by atoms with Crippen molar-refractivity contribution < 1.29 is 16.8 Å². The van der Waals surface area contributed by atoms with Gasteiger partial charge in [-0.25, -0.2) is 16.8 Å². The van der Waals surface area contributed by atoms with Gasteiger partial charge in [0, 0.05) is 6.26 Å². The largest absolute Gasteiger partial charge is 0.317 e. The number of piperidine rings is 1. The Morgan fingerprint density at radius 3 is 2.18 bits per heavy atom. The summed E-state index contributed by atoms with van der Waals surface area (Å²) in [4.78, 5) is 0.277. The van der Waals surface area contributed by atoms with Gasteiger partial charge < -0.3 is 5.32 Å². The molecule has 5 nitrogen and oxygen atoms in total. The van der Waals surface area contributed by atoms with E-state index in [4.69, 9.17) is 0 Å². The van der Waals surface area contributed by atoms with Crippen molar-refractivity contribution in [3.63, 3.8) is 0 Å². The van der Waals surface area contributed by atoms with E-state index in [0.717, 1.165) is 32.2 Å². The van der Waals surface area contributed by atoms with Crippen molar-refractivity contribution in [1.82, 2.24) is 5.32 Å². The summed E-state index contributed by atoms with van der Waals surface area (Å²) in [5, 5.41) is 3.27. The molecular formula is C15H23NO4S2. The molecule has 0 unspecified atom stereocenters. The van der Waals surface area contributed by atoms with Crippen LogP contribution in [0.5, 0.6) is 0 Å². The van der Waals surface area contributed by atoms with Gasteiger partial charge in [0.15, 0.2) is 19.7 Å². The first-order chi connectivity index (χ1) is 10.3. The maximum Gasteiger partial charge on any atom is 0.178 e. The van der Waals surface area contributed by atoms with Gasteiger partial charge in [-0.3, -0.25) is 0 Å². The van der Waals surface area contributed by atoms with E-state index in [-0.39, 0.29) is 16.4 Å². The summed E-state index contributed by atoms with van der Waals surface area (Å²) in [6.07, 6.45) is 3.91. The van der Waals surface area contributed by atoms with Crippen molar-refractivity contribution in [3.8, 4) is 0 Å². The SMILES string of the molecule is CS(=O)(=O)Cc1ccc(S(=O)(=O)CCC2CCNCC2)cc1. The number of nitrogens with one attached hydrogen (secondary N) is 1. The van der Waals surface area contributed by atoms with Crippen molar-refractivity contribution in [1.29, 1.82) is 0 Å². The molecule has 2 rings (SSSR count). The summed E-state index contributed by atoms with van der Waals surface area (Å²) < 4.78 is 47.1. The van der Waals surface area contributed by atoms with Gasteiger partial charge in [-0.1, -0.05) is 12.1 Å². The maximum atomic E-state index is 12.3. The van der Waals surface area contributed by atoms with E-state index in [1.165, 1.54) is 12.1 Å². The minimum atomic E-state index is -3.29. The van der Waals surface area contributed by atoms with E-state index in [1.807, 2.05) is 0 Å². The van der Waals surface area contributed by atoms with Crippen LogP contribution in [0.3, 0.4) is 0 Å². The molecule has 1 saturated heterocycles. The van der Waals surface area contributed by atoms with Gasteiger partial charge in [0.1, 0.15) is 0 Å². The Morgan fingerprint density at radius 2 is 1.64 bits per heavy atom. The van der Waals surface area contributed by atoms with Crippen LogP contribution in [-0.2, 0) is 25.4 Å². The second-order valence-electron chi connectivity index (χ2n) is 6.01. The summed E-state index contributed by atoms with van der Waals surface area (Å²) in [6, 6.07) is 6.19. The quantitative estimate of drug-likeness (QED) is 0.843. The maximum absolute atomic E-state index is 12.3. The Bertz CT molecular complexity index is 688. The van der Waals surface area contributed by atoms with Crippen LogP contribution in [0.4, 0.5) is 0 Å². The lowest BCUT2D eigenvalue weighted by atomic mass is 9.96. The first kappa shape index (κ1) is 17.4. The van der Waals surface area contributed by atoms with Crippen LogP contribution >= 0.6 is 0 Å². The third-order valence-electron chi connectivity index (χ3n) is 3.96. The second-order valence-corrected chi connectivity index (χ2v) is 10.3. The van der Waals surface area contributed by atoms with Crippen LogP contribution in [0.1, 0.15) is 24.8 Å². The third kappa shape index (κ3) is 5.37. The van der Waals surface area contributed by atoms with E-state index in [2.05, 4.69) is 5.32 Å². The molecule has 0 radical (unpaired) electrons. The average molecular weight is 345 g/mol. The van der Waals surface area contributed by atoms with Crippen molar-refractivity contribution in [2.75, 3.05) is 25.1 Å². The highest BCUT2D eigenvalue weighted by atomic mass is 32.2. The lowest BCUT2D eigenvalue weighted by Gasteiger charge is -2.22. The third-order valence-corrected chi connectivity index (χ3v) is 6.59. The molecule has 0 atom stereocenters. The molecule has 1 aliphatic heterocycles. The summed E-state index contributed by atoms with van der Waals surface area (Å²) in [7, 11) is -6.40. The molecule has 1 aliphatic rings. The van der Waals surface area contributed by atoms with Crippen LogP contribution in [0.25, 0.3) is 0 Å². The molecular weight excluding hydrogens is 322 g/mol. The molecule has 1 fully saturated rings. The van der Waals surface area contributed by atoms with E-state index in [0.29, 0.717) is 17.9 Å². The van der Waals surface area contributed by atoms with Gasteiger partial charge in [0.25, 0.3) is 0 Å². The molecule has 7 heteroatoms. The van der Waals surface area contributed by atoms with E-state index in [1.54, 1.807) is 12.1 Å². The lowest BCUT2D eigenvalue weighted by molar-refractivity contribution is 0.365. The highest BCUT2D eigenvalue weighted by Gasteiger charge is 2.19. The second kappa shape index (κ2) is 7.10. The topological polar surface area (TPSA) is 80.3 Å². The zero-order chi connectivity index (χ0) is 16.2. The Hall–Kier alpha value is -0.920. The molecule has 0 aliphatic carbocycles. The first-order valence-corrected chi connectivity index (χ1v) is 11.2. The summed E-state index contributed by atoms with van der Waals surface area (Å²) >= 11 is 0. The van der Waals surface area contributed by atoms with Crippen molar-refractivity contribution in [2.24, 2.45) is 5.92 Å². The number of benzene rings is 1. The highest BCUT2D eigenvalue weighted by molar-refractivity contribution is 7.91. The molecule has 0 amide bonds. The Morgan fingerprint density at radius 1 is 1.05 bits per heavy atom. The first-order valence-electron chi connectivity index (χ1n) is 7.46. The Kier molecular flexibility index (Phi) is 5.63. The van der Waals surface area contributed by atoms with Gasteiger partial charge in [-0.15, -0.1) is 0 Å². The van der Waals surface area contributed by atoms with Gasteiger partial charge >= 0.3 is 0 Å². The van der Waals surface area contributed by atoms with Crippen LogP contribution in [0, 0.1) is 5.92 Å². The Labute approximate surface area is 133 Å². The fourth-order valence-corrected chi connectivity index (χ4v) is 4.93. The summed E-state index contributed by atoms with van der Waals surface area (Å²) in [6.45, 7) is 1.93. The van der Waals surface area contributed by atoms with Crippen molar-refractivity contribution in [2.45, 2.75) is 29.9 Å². The van der Waals surface area contributed by atoms with Gasteiger partial charge in [0.05, 0.1) is 16.4 Å². The summed E-state index contributed by atoms with van der Waals surface area (Å²) in [5.74, 6) is 0.561. The average Bonchev–Trinajstić information content (AvgIpc) is 2.45. The predicted molar refractivity (Wildman–Crippen MR) is 87.3 cm³/mol. The van der Waals surface area contributed by atoms with Crippen molar-refractivity contribution >= 4 is 19.7 Å². The monoisotopic (exact) mass is 345 g/mol. The molecule has 1 heterocycles. The fraction of sp³-hybridized carbons (Fsp3) is 0.600. The van der Waals surface area contributed by atoms with Crippen molar-refractivity contribution in [3.05, 3.63) is 29.8 Å². The minimum absolute atomic E-state index is 0.0671. The zero-order valence-corrected chi connectivity index (χ0v) is 14.4.